The number of sulfonamides is 1. The van der Waals surface area contributed by atoms with Gasteiger partial charge in [0.05, 0.1) is 5.75 Å². The van der Waals surface area contributed by atoms with Crippen LogP contribution in [0.2, 0.25) is 0 Å². The molecule has 0 amide bonds. The van der Waals surface area contributed by atoms with Gasteiger partial charge < -0.3 is 5.32 Å². The van der Waals surface area contributed by atoms with Crippen LogP contribution in [0.3, 0.4) is 0 Å². The summed E-state index contributed by atoms with van der Waals surface area (Å²) in [5.74, 6) is 0.146. The largest absolute Gasteiger partial charge is 0.339 e. The Kier molecular flexibility index (Phi) is 5.97. The Morgan fingerprint density at radius 3 is 2.33 bits per heavy atom. The summed E-state index contributed by atoms with van der Waals surface area (Å²) in [4.78, 5) is 0. The van der Waals surface area contributed by atoms with Crippen LogP contribution < -0.4 is 10.0 Å². The van der Waals surface area contributed by atoms with Crippen LogP contribution in [0.5, 0.6) is 0 Å². The normalized spacial score (nSPS) is 11.1. The van der Waals surface area contributed by atoms with Crippen LogP contribution in [0.25, 0.3) is 0 Å². The molecule has 0 aliphatic carbocycles. The average Bonchev–Trinajstić information content (AvgIpc) is 2.64. The zero-order valence-electron chi connectivity index (χ0n) is 14.5. The van der Waals surface area contributed by atoms with E-state index >= 15 is 0 Å². The van der Waals surface area contributed by atoms with E-state index in [0.29, 0.717) is 24.3 Å². The summed E-state index contributed by atoms with van der Waals surface area (Å²) in [5.41, 5.74) is 1.62. The van der Waals surface area contributed by atoms with Crippen molar-refractivity contribution in [3.8, 4) is 0 Å². The van der Waals surface area contributed by atoms with Gasteiger partial charge in [-0.15, -0.1) is 10.2 Å². The fourth-order valence-electron chi connectivity index (χ4n) is 2.49. The number of hydrogen-bond donors (Lipinski definition) is 2. The summed E-state index contributed by atoms with van der Waals surface area (Å²) in [7, 11) is -3.50. The quantitative estimate of drug-likeness (QED) is 0.616. The first-order chi connectivity index (χ1) is 13.0. The lowest BCUT2D eigenvalue weighted by atomic mass is 10.1. The first-order valence-corrected chi connectivity index (χ1v) is 10.1. The standard InChI is InChI=1S/C19H19FN4O2S/c20-16-9-4-10-17(14-16)21-18-11-12-19(23-22-18)24-27(25,26)13-5-8-15-6-2-1-3-7-15/h1-4,6-7,9-12,14H,5,8,13H2,(H,21,22)(H,23,24). The van der Waals surface area contributed by atoms with E-state index in [1.807, 2.05) is 30.3 Å². The summed E-state index contributed by atoms with van der Waals surface area (Å²) >= 11 is 0. The van der Waals surface area contributed by atoms with Crippen molar-refractivity contribution in [2.75, 3.05) is 15.8 Å². The third-order valence-electron chi connectivity index (χ3n) is 3.74. The highest BCUT2D eigenvalue weighted by molar-refractivity contribution is 7.92. The number of halogens is 1. The SMILES string of the molecule is O=S(=O)(CCCc1ccccc1)Nc1ccc(Nc2cccc(F)c2)nn1. The van der Waals surface area contributed by atoms with Gasteiger partial charge in [0.2, 0.25) is 10.0 Å². The molecule has 140 valence electrons. The average molecular weight is 386 g/mol. The summed E-state index contributed by atoms with van der Waals surface area (Å²) in [5, 5.41) is 10.7. The Morgan fingerprint density at radius 1 is 0.889 bits per heavy atom. The van der Waals surface area contributed by atoms with E-state index in [1.54, 1.807) is 18.2 Å². The molecule has 0 unspecified atom stereocenters. The van der Waals surface area contributed by atoms with Crippen molar-refractivity contribution in [2.24, 2.45) is 0 Å². The molecular formula is C19H19FN4O2S. The van der Waals surface area contributed by atoms with Gasteiger partial charge in [0.1, 0.15) is 5.82 Å². The Hall–Kier alpha value is -3.00. The molecule has 27 heavy (non-hydrogen) atoms. The van der Waals surface area contributed by atoms with Crippen molar-refractivity contribution in [1.29, 1.82) is 0 Å². The number of rotatable bonds is 8. The third kappa shape index (κ3) is 6.03. The van der Waals surface area contributed by atoms with Gasteiger partial charge in [-0.3, -0.25) is 4.72 Å². The van der Waals surface area contributed by atoms with Crippen LogP contribution >= 0.6 is 0 Å². The molecule has 0 saturated carbocycles. The van der Waals surface area contributed by atoms with E-state index in [4.69, 9.17) is 0 Å². The fraction of sp³-hybridized carbons (Fsp3) is 0.158. The molecule has 2 N–H and O–H groups in total. The van der Waals surface area contributed by atoms with Gasteiger partial charge >= 0.3 is 0 Å². The van der Waals surface area contributed by atoms with Crippen LogP contribution in [0.15, 0.2) is 66.7 Å². The van der Waals surface area contributed by atoms with E-state index in [0.717, 1.165) is 5.56 Å². The molecule has 0 fully saturated rings. The molecular weight excluding hydrogens is 367 g/mol. The van der Waals surface area contributed by atoms with E-state index < -0.39 is 10.0 Å². The lowest BCUT2D eigenvalue weighted by molar-refractivity contribution is 0.598. The molecule has 6 nitrogen and oxygen atoms in total. The van der Waals surface area contributed by atoms with Crippen LogP contribution in [0, 0.1) is 5.82 Å². The number of aryl methyl sites for hydroxylation is 1. The van der Waals surface area contributed by atoms with Crippen molar-refractivity contribution in [1.82, 2.24) is 10.2 Å². The van der Waals surface area contributed by atoms with Crippen LogP contribution in [0.4, 0.5) is 21.7 Å². The predicted octanol–water partition coefficient (Wildman–Crippen LogP) is 3.73. The molecule has 3 rings (SSSR count). The van der Waals surface area contributed by atoms with Crippen molar-refractivity contribution in [3.05, 3.63) is 78.1 Å². The van der Waals surface area contributed by atoms with E-state index in [9.17, 15) is 12.8 Å². The second-order valence-electron chi connectivity index (χ2n) is 5.95. The first-order valence-electron chi connectivity index (χ1n) is 8.41. The minimum absolute atomic E-state index is 0.00708. The van der Waals surface area contributed by atoms with Gasteiger partial charge in [-0.05, 0) is 48.7 Å². The number of hydrogen-bond acceptors (Lipinski definition) is 5. The lowest BCUT2D eigenvalue weighted by Crippen LogP contribution is -2.18. The Labute approximate surface area is 157 Å². The van der Waals surface area contributed by atoms with Gasteiger partial charge in [-0.25, -0.2) is 12.8 Å². The summed E-state index contributed by atoms with van der Waals surface area (Å²) in [6.45, 7) is 0. The van der Waals surface area contributed by atoms with Crippen LogP contribution in [-0.4, -0.2) is 24.4 Å². The molecule has 2 aromatic carbocycles. The van der Waals surface area contributed by atoms with Crippen molar-refractivity contribution in [2.45, 2.75) is 12.8 Å². The second-order valence-corrected chi connectivity index (χ2v) is 7.79. The number of benzene rings is 2. The zero-order valence-corrected chi connectivity index (χ0v) is 15.3. The molecule has 0 bridgehead atoms. The molecule has 0 aliphatic heterocycles. The lowest BCUT2D eigenvalue weighted by Gasteiger charge is -2.08. The van der Waals surface area contributed by atoms with E-state index in [1.165, 1.54) is 18.2 Å². The fourth-order valence-corrected chi connectivity index (χ4v) is 3.54. The number of nitrogens with one attached hydrogen (secondary N) is 2. The Morgan fingerprint density at radius 2 is 1.63 bits per heavy atom. The molecule has 8 heteroatoms. The maximum absolute atomic E-state index is 13.2. The maximum Gasteiger partial charge on any atom is 0.233 e. The van der Waals surface area contributed by atoms with Crippen molar-refractivity contribution >= 4 is 27.3 Å². The van der Waals surface area contributed by atoms with Crippen LogP contribution in [0.1, 0.15) is 12.0 Å². The molecule has 0 aliphatic rings. The monoisotopic (exact) mass is 386 g/mol. The predicted molar refractivity (Wildman–Crippen MR) is 104 cm³/mol. The molecule has 0 saturated heterocycles. The highest BCUT2D eigenvalue weighted by atomic mass is 32.2. The zero-order chi connectivity index (χ0) is 19.1. The Bertz CT molecular complexity index is 980. The third-order valence-corrected chi connectivity index (χ3v) is 5.09. The van der Waals surface area contributed by atoms with Gasteiger partial charge in [0, 0.05) is 5.69 Å². The smallest absolute Gasteiger partial charge is 0.233 e. The van der Waals surface area contributed by atoms with Crippen molar-refractivity contribution < 1.29 is 12.8 Å². The van der Waals surface area contributed by atoms with E-state index in [2.05, 4.69) is 20.2 Å². The molecule has 3 aromatic rings. The Balaban J connectivity index is 1.53. The summed E-state index contributed by atoms with van der Waals surface area (Å²) < 4.78 is 39.9. The van der Waals surface area contributed by atoms with Crippen molar-refractivity contribution in [3.63, 3.8) is 0 Å². The minimum Gasteiger partial charge on any atom is -0.339 e. The van der Waals surface area contributed by atoms with Gasteiger partial charge in [0.25, 0.3) is 0 Å². The first kappa shape index (κ1) is 18.8. The number of aromatic nitrogens is 2. The highest BCUT2D eigenvalue weighted by Gasteiger charge is 2.11. The minimum atomic E-state index is -3.50. The molecule has 0 spiro atoms. The topological polar surface area (TPSA) is 84.0 Å². The second kappa shape index (κ2) is 8.59. The van der Waals surface area contributed by atoms with Gasteiger partial charge in [0.15, 0.2) is 11.6 Å². The molecule has 0 atom stereocenters. The van der Waals surface area contributed by atoms with Gasteiger partial charge in [-0.2, -0.15) is 0 Å². The number of anilines is 3. The number of nitrogens with zero attached hydrogens (tertiary/aromatic N) is 2. The van der Waals surface area contributed by atoms with Gasteiger partial charge in [-0.1, -0.05) is 36.4 Å². The maximum atomic E-state index is 13.2. The molecule has 0 radical (unpaired) electrons. The van der Waals surface area contributed by atoms with E-state index in [-0.39, 0.29) is 17.4 Å². The molecule has 1 heterocycles. The van der Waals surface area contributed by atoms with Crippen LogP contribution in [-0.2, 0) is 16.4 Å². The molecule has 1 aromatic heterocycles. The summed E-state index contributed by atoms with van der Waals surface area (Å²) in [6.07, 6.45) is 1.19. The highest BCUT2D eigenvalue weighted by Crippen LogP contribution is 2.16. The summed E-state index contributed by atoms with van der Waals surface area (Å²) in [6, 6.07) is 18.7.